The van der Waals surface area contributed by atoms with E-state index in [0.717, 1.165) is 0 Å². The lowest BCUT2D eigenvalue weighted by molar-refractivity contribution is 1.17. The summed E-state index contributed by atoms with van der Waals surface area (Å²) in [6.07, 6.45) is 0. The van der Waals surface area contributed by atoms with E-state index in [1.54, 1.807) is 0 Å². The molecule has 252 valence electrons. The number of hydrogen-bond acceptors (Lipinski definition) is 0. The molecule has 0 fully saturated rings. The van der Waals surface area contributed by atoms with Gasteiger partial charge < -0.3 is 9.05 Å². The maximum Gasteiger partial charge on any atom is 0.333 e. The second-order valence-electron chi connectivity index (χ2n) is 15.5. The maximum absolute atomic E-state index is 2.67. The molecule has 3 heteroatoms. The Kier molecular flexibility index (Phi) is 5.96. The van der Waals surface area contributed by atoms with Crippen LogP contribution in [0.4, 0.5) is 0 Å². The third-order valence-electron chi connectivity index (χ3n) is 12.3. The molecule has 2 aliphatic heterocycles. The van der Waals surface area contributed by atoms with Crippen LogP contribution in [0.1, 0.15) is 16.7 Å². The van der Waals surface area contributed by atoms with Crippen LogP contribution >= 0.6 is 0 Å². The van der Waals surface area contributed by atoms with Crippen LogP contribution in [0.15, 0.2) is 158 Å². The minimum atomic E-state index is -0.00173. The lowest BCUT2D eigenvalue weighted by Gasteiger charge is -2.35. The molecule has 0 N–H and O–H groups in total. The summed E-state index contributed by atoms with van der Waals surface area (Å²) in [6, 6.07) is 59.4. The molecular formula is C51H35BN2. The van der Waals surface area contributed by atoms with Gasteiger partial charge in [-0.1, -0.05) is 127 Å². The van der Waals surface area contributed by atoms with Crippen LogP contribution in [0.25, 0.3) is 93.8 Å². The first-order valence-electron chi connectivity index (χ1n) is 19.0. The van der Waals surface area contributed by atoms with Crippen molar-refractivity contribution in [3.63, 3.8) is 0 Å². The van der Waals surface area contributed by atoms with Crippen LogP contribution in [0.2, 0.25) is 0 Å². The summed E-state index contributed by atoms with van der Waals surface area (Å²) in [4.78, 5) is 0. The molecule has 12 rings (SSSR count). The number of fused-ring (bicyclic) bond motifs is 10. The highest BCUT2D eigenvalue weighted by Crippen LogP contribution is 2.46. The predicted octanol–water partition coefficient (Wildman–Crippen LogP) is 11.8. The standard InChI is InChI=1S/C51H35BN2/c1-30-23-31(2)48(32(3)24-30)37-27-42-40-19-12-18-39-38-17-10-11-20-46(38)54(50(39)40)52-44-28-36(34-15-8-5-9-16-34)26-43-41-25-35(33-13-6-4-7-14-33)21-22-45(41)53(51(43)44)47(29-37)49(42)52/h4-29H,1-3H3. The SMILES string of the molecule is Cc1cc(C)c(-c2cc3c4c(c2)-n2c5ccc(-c6ccccc6)cc5c5cc(-c6ccccc6)cc(c52)B4n2c4ccccc4c4cccc-3c42)c(C)c1. The minimum Gasteiger partial charge on any atom is -0.375 e. The van der Waals surface area contributed by atoms with Crippen LogP contribution < -0.4 is 10.9 Å². The van der Waals surface area contributed by atoms with Gasteiger partial charge in [0.15, 0.2) is 0 Å². The van der Waals surface area contributed by atoms with Crippen molar-refractivity contribution in [2.75, 3.05) is 0 Å². The zero-order chi connectivity index (χ0) is 35.8. The summed E-state index contributed by atoms with van der Waals surface area (Å²) in [7, 11) is 0. The van der Waals surface area contributed by atoms with Crippen molar-refractivity contribution in [2.24, 2.45) is 0 Å². The van der Waals surface area contributed by atoms with E-state index in [-0.39, 0.29) is 6.85 Å². The molecule has 0 unspecified atom stereocenters. The summed E-state index contributed by atoms with van der Waals surface area (Å²) < 4.78 is 5.28. The molecular weight excluding hydrogens is 651 g/mol. The Morgan fingerprint density at radius 3 is 1.89 bits per heavy atom. The van der Waals surface area contributed by atoms with E-state index in [1.807, 2.05) is 0 Å². The summed E-state index contributed by atoms with van der Waals surface area (Å²) in [5, 5.41) is 5.21. The highest BCUT2D eigenvalue weighted by atomic mass is 15.0. The molecule has 2 nitrogen and oxygen atoms in total. The molecule has 2 aromatic heterocycles. The second kappa shape index (κ2) is 10.7. The predicted molar refractivity (Wildman–Crippen MR) is 230 cm³/mol. The van der Waals surface area contributed by atoms with Crippen molar-refractivity contribution < 1.29 is 0 Å². The Morgan fingerprint density at radius 2 is 1.11 bits per heavy atom. The normalized spacial score (nSPS) is 12.7. The zero-order valence-electron chi connectivity index (χ0n) is 30.5. The van der Waals surface area contributed by atoms with Gasteiger partial charge in [0, 0.05) is 43.8 Å². The van der Waals surface area contributed by atoms with Gasteiger partial charge in [0.05, 0.1) is 11.0 Å². The summed E-state index contributed by atoms with van der Waals surface area (Å²) in [6.45, 7) is 6.75. The van der Waals surface area contributed by atoms with E-state index in [1.165, 1.54) is 121 Å². The number of benzene rings is 8. The quantitative estimate of drug-likeness (QED) is 0.164. The third-order valence-corrected chi connectivity index (χ3v) is 12.3. The highest BCUT2D eigenvalue weighted by molar-refractivity contribution is 6.90. The average molecular weight is 687 g/mol. The Balaban J connectivity index is 1.30. The number of para-hydroxylation sites is 2. The van der Waals surface area contributed by atoms with Gasteiger partial charge in [0.1, 0.15) is 0 Å². The molecule has 0 amide bonds. The smallest absolute Gasteiger partial charge is 0.333 e. The van der Waals surface area contributed by atoms with Gasteiger partial charge in [0.2, 0.25) is 0 Å². The van der Waals surface area contributed by atoms with Crippen LogP contribution in [-0.4, -0.2) is 15.9 Å². The van der Waals surface area contributed by atoms with Crippen molar-refractivity contribution in [3.05, 3.63) is 174 Å². The fourth-order valence-corrected chi connectivity index (χ4v) is 10.3. The van der Waals surface area contributed by atoms with Gasteiger partial charge in [-0.25, -0.2) is 0 Å². The first-order chi connectivity index (χ1) is 26.5. The number of aromatic nitrogens is 2. The van der Waals surface area contributed by atoms with Gasteiger partial charge in [0.25, 0.3) is 0 Å². The number of aryl methyl sites for hydroxylation is 3. The molecule has 54 heavy (non-hydrogen) atoms. The Bertz CT molecular complexity index is 3210. The second-order valence-corrected chi connectivity index (χ2v) is 15.5. The van der Waals surface area contributed by atoms with Crippen molar-refractivity contribution in [3.8, 4) is 50.2 Å². The molecule has 0 saturated heterocycles. The molecule has 8 aromatic carbocycles. The average Bonchev–Trinajstić information content (AvgIpc) is 3.72. The lowest BCUT2D eigenvalue weighted by Crippen LogP contribution is -2.55. The van der Waals surface area contributed by atoms with E-state index in [0.29, 0.717) is 0 Å². The molecule has 0 radical (unpaired) electrons. The molecule has 2 aliphatic rings. The molecule has 0 saturated carbocycles. The zero-order valence-corrected chi connectivity index (χ0v) is 30.5. The van der Waals surface area contributed by atoms with E-state index < -0.39 is 0 Å². The number of nitrogens with zero attached hydrogens (tertiary/aromatic N) is 2. The van der Waals surface area contributed by atoms with E-state index >= 15 is 0 Å². The Labute approximate surface area is 314 Å². The van der Waals surface area contributed by atoms with Crippen LogP contribution in [0.5, 0.6) is 0 Å². The Morgan fingerprint density at radius 1 is 0.426 bits per heavy atom. The monoisotopic (exact) mass is 686 g/mol. The molecule has 0 bridgehead atoms. The van der Waals surface area contributed by atoms with Gasteiger partial charge in [-0.15, -0.1) is 0 Å². The van der Waals surface area contributed by atoms with Gasteiger partial charge >= 0.3 is 6.85 Å². The fourth-order valence-electron chi connectivity index (χ4n) is 10.3. The first kappa shape index (κ1) is 29.9. The van der Waals surface area contributed by atoms with Gasteiger partial charge in [-0.05, 0) is 118 Å². The van der Waals surface area contributed by atoms with Crippen molar-refractivity contribution in [1.82, 2.24) is 9.05 Å². The van der Waals surface area contributed by atoms with E-state index in [2.05, 4.69) is 188 Å². The summed E-state index contributed by atoms with van der Waals surface area (Å²) in [5.74, 6) is 0. The van der Waals surface area contributed by atoms with Crippen LogP contribution in [0.3, 0.4) is 0 Å². The maximum atomic E-state index is 2.67. The molecule has 0 spiro atoms. The minimum absolute atomic E-state index is 0.00173. The largest absolute Gasteiger partial charge is 0.375 e. The summed E-state index contributed by atoms with van der Waals surface area (Å²) in [5.41, 5.74) is 23.3. The lowest BCUT2D eigenvalue weighted by atomic mass is 9.45. The number of rotatable bonds is 3. The topological polar surface area (TPSA) is 9.86 Å². The van der Waals surface area contributed by atoms with E-state index in [9.17, 15) is 0 Å². The van der Waals surface area contributed by atoms with Gasteiger partial charge in [-0.3, -0.25) is 0 Å². The van der Waals surface area contributed by atoms with Crippen molar-refractivity contribution in [1.29, 1.82) is 0 Å². The van der Waals surface area contributed by atoms with Crippen molar-refractivity contribution in [2.45, 2.75) is 20.8 Å². The third kappa shape index (κ3) is 3.91. The van der Waals surface area contributed by atoms with Crippen LogP contribution in [-0.2, 0) is 0 Å². The Hall–Kier alpha value is -6.58. The highest BCUT2D eigenvalue weighted by Gasteiger charge is 2.42. The van der Waals surface area contributed by atoms with Crippen molar-refractivity contribution >= 4 is 61.4 Å². The summed E-state index contributed by atoms with van der Waals surface area (Å²) >= 11 is 0. The first-order valence-corrected chi connectivity index (χ1v) is 19.0. The molecule has 0 atom stereocenters. The fraction of sp³-hybridized carbons (Fsp3) is 0.0588. The molecule has 4 heterocycles. The van der Waals surface area contributed by atoms with Crippen LogP contribution in [0, 0.1) is 20.8 Å². The molecule has 0 aliphatic carbocycles. The van der Waals surface area contributed by atoms with E-state index in [4.69, 9.17) is 0 Å². The number of hydrogen-bond donors (Lipinski definition) is 0. The van der Waals surface area contributed by atoms with Gasteiger partial charge in [-0.2, -0.15) is 0 Å². The molecule has 10 aromatic rings.